The van der Waals surface area contributed by atoms with Gasteiger partial charge in [0.2, 0.25) is 0 Å². The van der Waals surface area contributed by atoms with Crippen molar-refractivity contribution in [3.63, 3.8) is 0 Å². The van der Waals surface area contributed by atoms with E-state index in [9.17, 15) is 13.6 Å². The summed E-state index contributed by atoms with van der Waals surface area (Å²) in [6.07, 6.45) is -0.383. The van der Waals surface area contributed by atoms with Crippen LogP contribution < -0.4 is 0 Å². The first-order valence-corrected chi connectivity index (χ1v) is 4.23. The van der Waals surface area contributed by atoms with E-state index in [-0.39, 0.29) is 12.0 Å². The highest BCUT2D eigenvalue weighted by Crippen LogP contribution is 2.19. The molecule has 2 nitrogen and oxygen atoms in total. The molecule has 0 heterocycles. The Balaban J connectivity index is 2.95. The van der Waals surface area contributed by atoms with Crippen LogP contribution in [0.1, 0.15) is 12.0 Å². The zero-order chi connectivity index (χ0) is 11.4. The van der Waals surface area contributed by atoms with Crippen LogP contribution in [0.3, 0.4) is 0 Å². The van der Waals surface area contributed by atoms with Crippen LogP contribution in [0.5, 0.6) is 0 Å². The molecular formula is C10H5ClF2O2. The van der Waals surface area contributed by atoms with E-state index in [2.05, 4.69) is 11.8 Å². The molecule has 1 rings (SSSR count). The number of hydrogen-bond acceptors (Lipinski definition) is 1. The molecule has 1 aromatic carbocycles. The summed E-state index contributed by atoms with van der Waals surface area (Å²) in [5.41, 5.74) is 0.0515. The van der Waals surface area contributed by atoms with Gasteiger partial charge in [-0.05, 0) is 12.1 Å². The number of rotatable bonds is 1. The summed E-state index contributed by atoms with van der Waals surface area (Å²) in [4.78, 5) is 10.1. The van der Waals surface area contributed by atoms with Crippen LogP contribution in [0.15, 0.2) is 12.1 Å². The fourth-order valence-corrected chi connectivity index (χ4v) is 0.959. The Labute approximate surface area is 89.5 Å². The first-order chi connectivity index (χ1) is 7.00. The lowest BCUT2D eigenvalue weighted by molar-refractivity contribution is -0.135. The average molecular weight is 231 g/mol. The fourth-order valence-electron chi connectivity index (χ4n) is 0.850. The van der Waals surface area contributed by atoms with Crippen molar-refractivity contribution in [3.8, 4) is 11.8 Å². The molecule has 5 heteroatoms. The van der Waals surface area contributed by atoms with Crippen molar-refractivity contribution in [2.75, 3.05) is 0 Å². The van der Waals surface area contributed by atoms with Gasteiger partial charge in [-0.2, -0.15) is 0 Å². The van der Waals surface area contributed by atoms with Gasteiger partial charge < -0.3 is 5.11 Å². The number of aliphatic carboxylic acids is 1. The van der Waals surface area contributed by atoms with Gasteiger partial charge >= 0.3 is 5.97 Å². The van der Waals surface area contributed by atoms with Gasteiger partial charge in [-0.25, -0.2) is 8.78 Å². The number of carboxylic acid groups (broad SMARTS) is 1. The Morgan fingerprint density at radius 1 is 1.40 bits per heavy atom. The van der Waals surface area contributed by atoms with Gasteiger partial charge in [0, 0.05) is 5.56 Å². The van der Waals surface area contributed by atoms with Gasteiger partial charge in [-0.1, -0.05) is 23.4 Å². The van der Waals surface area contributed by atoms with Crippen molar-refractivity contribution < 1.29 is 18.7 Å². The second kappa shape index (κ2) is 4.76. The number of halogens is 3. The monoisotopic (exact) mass is 230 g/mol. The predicted octanol–water partition coefficient (Wildman–Crippen LogP) is 2.44. The molecule has 0 saturated carbocycles. The molecule has 0 aromatic heterocycles. The largest absolute Gasteiger partial charge is 0.481 e. The van der Waals surface area contributed by atoms with Crippen molar-refractivity contribution in [2.45, 2.75) is 6.42 Å². The van der Waals surface area contributed by atoms with E-state index >= 15 is 0 Å². The summed E-state index contributed by atoms with van der Waals surface area (Å²) in [6.45, 7) is 0. The topological polar surface area (TPSA) is 37.3 Å². The molecule has 0 spiro atoms. The van der Waals surface area contributed by atoms with E-state index in [1.165, 1.54) is 0 Å². The van der Waals surface area contributed by atoms with Gasteiger partial charge in [0.15, 0.2) is 0 Å². The van der Waals surface area contributed by atoms with Gasteiger partial charge in [0.1, 0.15) is 23.1 Å². The average Bonchev–Trinajstić information content (AvgIpc) is 2.13. The molecule has 0 atom stereocenters. The van der Waals surface area contributed by atoms with Crippen LogP contribution in [0.25, 0.3) is 0 Å². The van der Waals surface area contributed by atoms with Crippen molar-refractivity contribution in [3.05, 3.63) is 34.4 Å². The maximum atomic E-state index is 12.9. The molecule has 0 unspecified atom stereocenters. The number of carboxylic acids is 1. The molecule has 15 heavy (non-hydrogen) atoms. The van der Waals surface area contributed by atoms with Crippen molar-refractivity contribution in [1.29, 1.82) is 0 Å². The zero-order valence-corrected chi connectivity index (χ0v) is 8.11. The highest BCUT2D eigenvalue weighted by atomic mass is 35.5. The highest BCUT2D eigenvalue weighted by Gasteiger charge is 2.07. The molecule has 0 aliphatic rings. The third-order valence-corrected chi connectivity index (χ3v) is 1.82. The Morgan fingerprint density at radius 2 is 1.93 bits per heavy atom. The van der Waals surface area contributed by atoms with E-state index in [0.29, 0.717) is 0 Å². The fraction of sp³-hybridized carbons (Fsp3) is 0.100. The summed E-state index contributed by atoms with van der Waals surface area (Å²) in [5, 5.41) is 7.67. The van der Waals surface area contributed by atoms with E-state index in [4.69, 9.17) is 16.7 Å². The van der Waals surface area contributed by atoms with E-state index < -0.39 is 22.6 Å². The molecule has 0 aliphatic carbocycles. The molecule has 0 bridgehead atoms. The van der Waals surface area contributed by atoms with Crippen molar-refractivity contribution >= 4 is 17.6 Å². The third-order valence-electron chi connectivity index (χ3n) is 1.46. The Kier molecular flexibility index (Phi) is 3.64. The standard InChI is InChI=1S/C10H5ClF2O2/c11-10-7(12)4-6(5-8(10)13)2-1-3-9(14)15/h4-5H,3H2,(H,14,15). The van der Waals surface area contributed by atoms with Crippen molar-refractivity contribution in [1.82, 2.24) is 0 Å². The molecule has 0 fully saturated rings. The van der Waals surface area contributed by atoms with Crippen LogP contribution >= 0.6 is 11.6 Å². The molecule has 78 valence electrons. The summed E-state index contributed by atoms with van der Waals surface area (Å²) < 4.78 is 25.7. The van der Waals surface area contributed by atoms with Gasteiger partial charge in [0.05, 0.1) is 0 Å². The second-order valence-corrected chi connectivity index (χ2v) is 3.00. The maximum absolute atomic E-state index is 12.9. The van der Waals surface area contributed by atoms with E-state index in [1.54, 1.807) is 0 Å². The Hall–Kier alpha value is -1.60. The van der Waals surface area contributed by atoms with Crippen LogP contribution in [-0.2, 0) is 4.79 Å². The SMILES string of the molecule is O=C(O)CC#Cc1cc(F)c(Cl)c(F)c1. The summed E-state index contributed by atoms with van der Waals surface area (Å²) in [6, 6.07) is 1.89. The summed E-state index contributed by atoms with van der Waals surface area (Å²) in [7, 11) is 0. The minimum absolute atomic E-state index is 0.0515. The zero-order valence-electron chi connectivity index (χ0n) is 7.35. The smallest absolute Gasteiger partial charge is 0.315 e. The molecule has 1 N–H and O–H groups in total. The highest BCUT2D eigenvalue weighted by molar-refractivity contribution is 6.30. The van der Waals surface area contributed by atoms with Crippen LogP contribution in [0.4, 0.5) is 8.78 Å². The molecular weight excluding hydrogens is 226 g/mol. The van der Waals surface area contributed by atoms with Crippen LogP contribution in [-0.4, -0.2) is 11.1 Å². The van der Waals surface area contributed by atoms with E-state index in [1.807, 2.05) is 0 Å². The number of benzene rings is 1. The number of carbonyl (C=O) groups is 1. The summed E-state index contributed by atoms with van der Waals surface area (Å²) in [5.74, 6) is 1.62. The lowest BCUT2D eigenvalue weighted by Gasteiger charge is -1.96. The van der Waals surface area contributed by atoms with Crippen LogP contribution in [0, 0.1) is 23.5 Å². The summed E-state index contributed by atoms with van der Waals surface area (Å²) >= 11 is 5.24. The van der Waals surface area contributed by atoms with Crippen LogP contribution in [0.2, 0.25) is 5.02 Å². The Bertz CT molecular complexity index is 437. The first kappa shape index (κ1) is 11.5. The van der Waals surface area contributed by atoms with E-state index in [0.717, 1.165) is 12.1 Å². The molecule has 0 saturated heterocycles. The lowest BCUT2D eigenvalue weighted by atomic mass is 10.2. The second-order valence-electron chi connectivity index (χ2n) is 2.63. The normalized spacial score (nSPS) is 9.27. The Morgan fingerprint density at radius 3 is 2.40 bits per heavy atom. The minimum atomic E-state index is -1.10. The molecule has 0 amide bonds. The lowest BCUT2D eigenvalue weighted by Crippen LogP contribution is -1.91. The quantitative estimate of drug-likeness (QED) is 0.594. The molecule has 0 radical (unpaired) electrons. The molecule has 1 aromatic rings. The van der Waals surface area contributed by atoms with Gasteiger partial charge in [0.25, 0.3) is 0 Å². The predicted molar refractivity (Wildman–Crippen MR) is 50.5 cm³/mol. The number of hydrogen-bond donors (Lipinski definition) is 1. The van der Waals surface area contributed by atoms with Crippen molar-refractivity contribution in [2.24, 2.45) is 0 Å². The maximum Gasteiger partial charge on any atom is 0.315 e. The van der Waals surface area contributed by atoms with Gasteiger partial charge in [-0.3, -0.25) is 4.79 Å². The first-order valence-electron chi connectivity index (χ1n) is 3.86. The van der Waals surface area contributed by atoms with Gasteiger partial charge in [-0.15, -0.1) is 0 Å². The minimum Gasteiger partial charge on any atom is -0.481 e. The molecule has 0 aliphatic heterocycles. The third kappa shape index (κ3) is 3.22.